The molecule has 126 valence electrons. The van der Waals surface area contributed by atoms with Gasteiger partial charge in [0.05, 0.1) is 23.6 Å². The normalized spacial score (nSPS) is 12.8. The zero-order valence-corrected chi connectivity index (χ0v) is 14.6. The van der Waals surface area contributed by atoms with Gasteiger partial charge >= 0.3 is 0 Å². The molecule has 0 radical (unpaired) electrons. The third-order valence-corrected chi connectivity index (χ3v) is 4.75. The standard InChI is InChI=1S/C18H18N6S/c1-13-6-8-14(9-7-13)10-24-11-15(20-23-24)12-25-18-19-16-4-2-3-5-17(16)21-22-18/h2-9,11,21H,10,12H2,1H3,(H,19,22). The number of amidine groups is 1. The van der Waals surface area contributed by atoms with Crippen molar-refractivity contribution >= 4 is 28.3 Å². The summed E-state index contributed by atoms with van der Waals surface area (Å²) in [5.74, 6) is 0.712. The zero-order valence-electron chi connectivity index (χ0n) is 13.8. The molecule has 1 aromatic heterocycles. The summed E-state index contributed by atoms with van der Waals surface area (Å²) in [5, 5.41) is 9.28. The third kappa shape index (κ3) is 3.83. The number of anilines is 1. The molecule has 2 heterocycles. The van der Waals surface area contributed by atoms with Crippen molar-refractivity contribution in [3.8, 4) is 0 Å². The summed E-state index contributed by atoms with van der Waals surface area (Å²) in [6.07, 6.45) is 1.98. The molecule has 25 heavy (non-hydrogen) atoms. The second-order valence-electron chi connectivity index (χ2n) is 5.87. The lowest BCUT2D eigenvalue weighted by Gasteiger charge is -2.18. The SMILES string of the molecule is Cc1ccc(Cn2cc(CSC3=Nc4ccccc4NN3)nn2)cc1. The highest BCUT2D eigenvalue weighted by atomic mass is 32.2. The summed E-state index contributed by atoms with van der Waals surface area (Å²) < 4.78 is 1.87. The molecular weight excluding hydrogens is 332 g/mol. The van der Waals surface area contributed by atoms with E-state index in [1.54, 1.807) is 11.8 Å². The Morgan fingerprint density at radius 1 is 1.04 bits per heavy atom. The molecule has 0 saturated carbocycles. The Morgan fingerprint density at radius 2 is 1.88 bits per heavy atom. The van der Waals surface area contributed by atoms with Gasteiger partial charge in [-0.1, -0.05) is 58.9 Å². The number of nitrogens with one attached hydrogen (secondary N) is 2. The molecule has 0 amide bonds. The Labute approximate surface area is 150 Å². The van der Waals surface area contributed by atoms with Crippen LogP contribution in [0.15, 0.2) is 59.7 Å². The fourth-order valence-corrected chi connectivity index (χ4v) is 3.21. The number of rotatable bonds is 4. The van der Waals surface area contributed by atoms with Gasteiger partial charge in [-0.3, -0.25) is 10.9 Å². The van der Waals surface area contributed by atoms with Crippen molar-refractivity contribution in [2.45, 2.75) is 19.2 Å². The van der Waals surface area contributed by atoms with Crippen LogP contribution in [0.2, 0.25) is 0 Å². The Kier molecular flexibility index (Phi) is 4.39. The average Bonchev–Trinajstić information content (AvgIpc) is 3.09. The summed E-state index contributed by atoms with van der Waals surface area (Å²) in [4.78, 5) is 4.59. The van der Waals surface area contributed by atoms with Crippen molar-refractivity contribution in [1.29, 1.82) is 0 Å². The van der Waals surface area contributed by atoms with Gasteiger partial charge < -0.3 is 0 Å². The second-order valence-corrected chi connectivity index (χ2v) is 6.83. The molecular formula is C18H18N6S. The molecule has 0 aliphatic carbocycles. The van der Waals surface area contributed by atoms with Gasteiger partial charge in [0.1, 0.15) is 0 Å². The third-order valence-electron chi connectivity index (χ3n) is 3.84. The van der Waals surface area contributed by atoms with Crippen LogP contribution in [0.25, 0.3) is 0 Å². The first-order valence-electron chi connectivity index (χ1n) is 8.03. The molecule has 1 aliphatic heterocycles. The number of thioether (sulfide) groups is 1. The van der Waals surface area contributed by atoms with Crippen LogP contribution in [0.3, 0.4) is 0 Å². The van der Waals surface area contributed by atoms with Crippen molar-refractivity contribution in [1.82, 2.24) is 20.4 Å². The van der Waals surface area contributed by atoms with E-state index < -0.39 is 0 Å². The average molecular weight is 350 g/mol. The first-order chi connectivity index (χ1) is 12.3. The van der Waals surface area contributed by atoms with Gasteiger partial charge in [-0.25, -0.2) is 9.67 Å². The van der Waals surface area contributed by atoms with Crippen molar-refractivity contribution in [3.63, 3.8) is 0 Å². The number of benzene rings is 2. The number of hydrogen-bond acceptors (Lipinski definition) is 6. The predicted molar refractivity (Wildman–Crippen MR) is 102 cm³/mol. The molecule has 2 N–H and O–H groups in total. The van der Waals surface area contributed by atoms with Crippen molar-refractivity contribution in [3.05, 3.63) is 71.5 Å². The van der Waals surface area contributed by atoms with E-state index in [1.807, 2.05) is 35.1 Å². The Bertz CT molecular complexity index is 900. The van der Waals surface area contributed by atoms with Crippen molar-refractivity contribution in [2.75, 3.05) is 5.43 Å². The molecule has 0 fully saturated rings. The maximum absolute atomic E-state index is 4.59. The maximum atomic E-state index is 4.59. The number of para-hydroxylation sites is 2. The molecule has 7 heteroatoms. The highest BCUT2D eigenvalue weighted by molar-refractivity contribution is 8.13. The van der Waals surface area contributed by atoms with Gasteiger partial charge in [-0.05, 0) is 24.6 Å². The van der Waals surface area contributed by atoms with Crippen LogP contribution >= 0.6 is 11.8 Å². The minimum atomic E-state index is 0.712. The highest BCUT2D eigenvalue weighted by Crippen LogP contribution is 2.28. The Balaban J connectivity index is 1.37. The van der Waals surface area contributed by atoms with Gasteiger partial charge in [-0.2, -0.15) is 0 Å². The van der Waals surface area contributed by atoms with Crippen LogP contribution in [0, 0.1) is 6.92 Å². The Hall–Kier alpha value is -2.80. The zero-order chi connectivity index (χ0) is 17.1. The van der Waals surface area contributed by atoms with Crippen LogP contribution in [-0.2, 0) is 12.3 Å². The molecule has 4 rings (SSSR count). The predicted octanol–water partition coefficient (Wildman–Crippen LogP) is 3.49. The molecule has 3 aromatic rings. The van der Waals surface area contributed by atoms with E-state index in [-0.39, 0.29) is 0 Å². The summed E-state index contributed by atoms with van der Waals surface area (Å²) in [7, 11) is 0. The monoisotopic (exact) mass is 350 g/mol. The van der Waals surface area contributed by atoms with Crippen molar-refractivity contribution in [2.24, 2.45) is 4.99 Å². The maximum Gasteiger partial charge on any atom is 0.181 e. The highest BCUT2D eigenvalue weighted by Gasteiger charge is 2.11. The number of nitrogens with zero attached hydrogens (tertiary/aromatic N) is 4. The largest absolute Gasteiger partial charge is 0.297 e. The lowest BCUT2D eigenvalue weighted by molar-refractivity contribution is 0.649. The van der Waals surface area contributed by atoms with E-state index in [9.17, 15) is 0 Å². The lowest BCUT2D eigenvalue weighted by atomic mass is 10.1. The first kappa shape index (κ1) is 15.7. The van der Waals surface area contributed by atoms with Gasteiger partial charge in [0.2, 0.25) is 0 Å². The van der Waals surface area contributed by atoms with Crippen LogP contribution in [0.4, 0.5) is 11.4 Å². The van der Waals surface area contributed by atoms with Gasteiger partial charge in [0.15, 0.2) is 5.17 Å². The molecule has 0 saturated heterocycles. The number of fused-ring (bicyclic) bond motifs is 1. The smallest absolute Gasteiger partial charge is 0.181 e. The first-order valence-corrected chi connectivity index (χ1v) is 9.02. The van der Waals surface area contributed by atoms with Gasteiger partial charge in [0.25, 0.3) is 0 Å². The number of aryl methyl sites for hydroxylation is 1. The second kappa shape index (κ2) is 6.98. The lowest BCUT2D eigenvalue weighted by Crippen LogP contribution is -2.29. The van der Waals surface area contributed by atoms with E-state index >= 15 is 0 Å². The van der Waals surface area contributed by atoms with E-state index in [1.165, 1.54) is 11.1 Å². The minimum Gasteiger partial charge on any atom is -0.297 e. The number of aromatic nitrogens is 3. The van der Waals surface area contributed by atoms with Crippen LogP contribution in [0.5, 0.6) is 0 Å². The summed E-state index contributed by atoms with van der Waals surface area (Å²) in [6.45, 7) is 2.82. The molecule has 0 atom stereocenters. The molecule has 2 aromatic carbocycles. The van der Waals surface area contributed by atoms with E-state index in [0.29, 0.717) is 5.75 Å². The molecule has 0 unspecified atom stereocenters. The minimum absolute atomic E-state index is 0.712. The van der Waals surface area contributed by atoms with Crippen LogP contribution in [0.1, 0.15) is 16.8 Å². The number of hydrazine groups is 1. The molecule has 0 spiro atoms. The summed E-state index contributed by atoms with van der Waals surface area (Å²) in [6, 6.07) is 16.4. The quantitative estimate of drug-likeness (QED) is 0.754. The molecule has 1 aliphatic rings. The molecule has 0 bridgehead atoms. The fraction of sp³-hybridized carbons (Fsp3) is 0.167. The van der Waals surface area contributed by atoms with Gasteiger partial charge in [-0.15, -0.1) is 5.10 Å². The summed E-state index contributed by atoms with van der Waals surface area (Å²) >= 11 is 1.60. The molecule has 6 nitrogen and oxygen atoms in total. The van der Waals surface area contributed by atoms with Crippen LogP contribution < -0.4 is 10.9 Å². The summed E-state index contributed by atoms with van der Waals surface area (Å²) in [5.41, 5.74) is 11.6. The topological polar surface area (TPSA) is 67.1 Å². The fourth-order valence-electron chi connectivity index (χ4n) is 2.51. The van der Waals surface area contributed by atoms with Gasteiger partial charge in [0, 0.05) is 11.9 Å². The van der Waals surface area contributed by atoms with E-state index in [2.05, 4.69) is 57.3 Å². The van der Waals surface area contributed by atoms with Crippen LogP contribution in [-0.4, -0.2) is 20.2 Å². The number of hydrogen-bond donors (Lipinski definition) is 2. The number of aliphatic imine (C=N–C) groups is 1. The van der Waals surface area contributed by atoms with E-state index in [0.717, 1.165) is 28.8 Å². The Morgan fingerprint density at radius 3 is 2.76 bits per heavy atom. The van der Waals surface area contributed by atoms with Crippen molar-refractivity contribution < 1.29 is 0 Å². The van der Waals surface area contributed by atoms with E-state index in [4.69, 9.17) is 0 Å².